The van der Waals surface area contributed by atoms with Gasteiger partial charge in [0.25, 0.3) is 5.91 Å². The van der Waals surface area contributed by atoms with E-state index in [-0.39, 0.29) is 5.91 Å². The van der Waals surface area contributed by atoms with Crippen molar-refractivity contribution in [1.82, 2.24) is 4.98 Å². The minimum atomic E-state index is -0.115. The second-order valence-electron chi connectivity index (χ2n) is 7.39. The lowest BCUT2D eigenvalue weighted by atomic mass is 10.1. The number of benzene rings is 3. The molecule has 4 aromatic rings. The van der Waals surface area contributed by atoms with Gasteiger partial charge in [0.05, 0.1) is 16.8 Å². The lowest BCUT2D eigenvalue weighted by molar-refractivity contribution is 0.0984. The highest BCUT2D eigenvalue weighted by atomic mass is 32.1. The Morgan fingerprint density at radius 1 is 0.968 bits per heavy atom. The summed E-state index contributed by atoms with van der Waals surface area (Å²) in [5.74, 6) is 1.16. The number of hydrogen-bond acceptors (Lipinski definition) is 5. The van der Waals surface area contributed by atoms with Crippen molar-refractivity contribution in [3.05, 3.63) is 83.4 Å². The van der Waals surface area contributed by atoms with Gasteiger partial charge >= 0.3 is 0 Å². The molecule has 1 aliphatic rings. The Hall–Kier alpha value is -3.38. The van der Waals surface area contributed by atoms with Gasteiger partial charge in [-0.1, -0.05) is 54.7 Å². The molecule has 0 radical (unpaired) electrons. The molecule has 2 heterocycles. The molecule has 0 spiro atoms. The molecule has 1 aromatic heterocycles. The van der Waals surface area contributed by atoms with E-state index in [4.69, 9.17) is 14.5 Å². The van der Waals surface area contributed by atoms with Crippen molar-refractivity contribution in [3.63, 3.8) is 0 Å². The lowest BCUT2D eigenvalue weighted by Gasteiger charge is -2.22. The number of carbonyl (C=O) groups is 1. The van der Waals surface area contributed by atoms with Gasteiger partial charge in [-0.05, 0) is 47.9 Å². The van der Waals surface area contributed by atoms with Crippen LogP contribution < -0.4 is 14.4 Å². The van der Waals surface area contributed by atoms with Gasteiger partial charge in [0.1, 0.15) is 13.2 Å². The number of anilines is 1. The standard InChI is InChI=1S/C25H22N2O3S/c1-2-17-8-10-20-23(14-17)31-25(26-20)27(16-18-6-4-3-5-7-18)24(28)19-9-11-21-22(15-19)30-13-12-29-21/h3-11,14-15H,2,12-13,16H2,1H3. The Bertz CT molecular complexity index is 1240. The molecule has 1 amide bonds. The number of fused-ring (bicyclic) bond motifs is 2. The van der Waals surface area contributed by atoms with Gasteiger partial charge in [0, 0.05) is 5.56 Å². The van der Waals surface area contributed by atoms with E-state index < -0.39 is 0 Å². The molecule has 6 heteroatoms. The summed E-state index contributed by atoms with van der Waals surface area (Å²) in [4.78, 5) is 20.2. The molecule has 3 aromatic carbocycles. The van der Waals surface area contributed by atoms with Crippen LogP contribution in [0.25, 0.3) is 10.2 Å². The Kier molecular flexibility index (Phi) is 5.30. The monoisotopic (exact) mass is 430 g/mol. The maximum absolute atomic E-state index is 13.6. The molecule has 156 valence electrons. The normalized spacial score (nSPS) is 12.7. The van der Waals surface area contributed by atoms with E-state index >= 15 is 0 Å². The highest BCUT2D eigenvalue weighted by Crippen LogP contribution is 2.34. The summed E-state index contributed by atoms with van der Waals surface area (Å²) >= 11 is 1.54. The summed E-state index contributed by atoms with van der Waals surface area (Å²) in [7, 11) is 0. The van der Waals surface area contributed by atoms with Gasteiger partial charge in [0.15, 0.2) is 16.6 Å². The molecule has 0 aliphatic carbocycles. The van der Waals surface area contributed by atoms with Crippen molar-refractivity contribution in [3.8, 4) is 11.5 Å². The summed E-state index contributed by atoms with van der Waals surface area (Å²) in [5.41, 5.74) is 3.76. The fraction of sp³-hybridized carbons (Fsp3) is 0.200. The van der Waals surface area contributed by atoms with E-state index in [0.29, 0.717) is 42.0 Å². The first-order chi connectivity index (χ1) is 15.2. The van der Waals surface area contributed by atoms with Crippen LogP contribution in [0.2, 0.25) is 0 Å². The van der Waals surface area contributed by atoms with Crippen molar-refractivity contribution in [2.24, 2.45) is 0 Å². The number of amides is 1. The van der Waals surface area contributed by atoms with Crippen molar-refractivity contribution >= 4 is 32.6 Å². The van der Waals surface area contributed by atoms with Gasteiger partial charge in [-0.15, -0.1) is 0 Å². The molecule has 0 atom stereocenters. The molecule has 31 heavy (non-hydrogen) atoms. The highest BCUT2D eigenvalue weighted by Gasteiger charge is 2.24. The summed E-state index contributed by atoms with van der Waals surface area (Å²) in [6.45, 7) is 3.58. The quantitative estimate of drug-likeness (QED) is 0.421. The SMILES string of the molecule is CCc1ccc2nc(N(Cc3ccccc3)C(=O)c3ccc4c(c3)OCCO4)sc2c1. The van der Waals surface area contributed by atoms with Crippen molar-refractivity contribution in [1.29, 1.82) is 0 Å². The smallest absolute Gasteiger partial charge is 0.260 e. The molecule has 0 N–H and O–H groups in total. The van der Waals surface area contributed by atoms with Crippen molar-refractivity contribution < 1.29 is 14.3 Å². The zero-order valence-electron chi connectivity index (χ0n) is 17.2. The molecule has 0 bridgehead atoms. The van der Waals surface area contributed by atoms with E-state index in [1.54, 1.807) is 34.4 Å². The minimum absolute atomic E-state index is 0.115. The number of hydrogen-bond donors (Lipinski definition) is 0. The van der Waals surface area contributed by atoms with Crippen molar-refractivity contribution in [2.75, 3.05) is 18.1 Å². The van der Waals surface area contributed by atoms with Gasteiger partial charge in [-0.3, -0.25) is 9.69 Å². The Balaban J connectivity index is 1.54. The third kappa shape index (κ3) is 3.99. The molecular weight excluding hydrogens is 408 g/mol. The zero-order chi connectivity index (χ0) is 21.2. The van der Waals surface area contributed by atoms with Crippen LogP contribution in [-0.4, -0.2) is 24.1 Å². The molecule has 0 fully saturated rings. The van der Waals surface area contributed by atoms with Crippen LogP contribution in [0.3, 0.4) is 0 Å². The predicted octanol–water partition coefficient (Wildman–Crippen LogP) is 5.48. The fourth-order valence-electron chi connectivity index (χ4n) is 3.62. The molecule has 1 aliphatic heterocycles. The maximum Gasteiger partial charge on any atom is 0.260 e. The predicted molar refractivity (Wildman–Crippen MR) is 123 cm³/mol. The van der Waals surface area contributed by atoms with Crippen LogP contribution in [0, 0.1) is 0 Å². The topological polar surface area (TPSA) is 51.7 Å². The van der Waals surface area contributed by atoms with Crippen LogP contribution in [0.1, 0.15) is 28.4 Å². The van der Waals surface area contributed by atoms with Crippen LogP contribution in [0.4, 0.5) is 5.13 Å². The molecule has 0 saturated carbocycles. The zero-order valence-corrected chi connectivity index (χ0v) is 18.0. The average molecular weight is 431 g/mol. The minimum Gasteiger partial charge on any atom is -0.486 e. The fourth-order valence-corrected chi connectivity index (χ4v) is 4.64. The van der Waals surface area contributed by atoms with Crippen molar-refractivity contribution in [2.45, 2.75) is 19.9 Å². The Morgan fingerprint density at radius 3 is 2.58 bits per heavy atom. The van der Waals surface area contributed by atoms with Gasteiger partial charge in [-0.25, -0.2) is 4.98 Å². The van der Waals surface area contributed by atoms with E-state index in [2.05, 4.69) is 19.1 Å². The number of aryl methyl sites for hydroxylation is 1. The third-order valence-corrected chi connectivity index (χ3v) is 6.34. The second-order valence-corrected chi connectivity index (χ2v) is 8.40. The largest absolute Gasteiger partial charge is 0.486 e. The average Bonchev–Trinajstić information content (AvgIpc) is 3.25. The second kappa shape index (κ2) is 8.40. The number of rotatable bonds is 5. The summed E-state index contributed by atoms with van der Waals surface area (Å²) < 4.78 is 12.4. The number of aromatic nitrogens is 1. The summed E-state index contributed by atoms with van der Waals surface area (Å²) in [5, 5.41) is 0.687. The third-order valence-electron chi connectivity index (χ3n) is 5.30. The summed E-state index contributed by atoms with van der Waals surface area (Å²) in [6.07, 6.45) is 0.965. The first-order valence-electron chi connectivity index (χ1n) is 10.4. The number of nitrogens with zero attached hydrogens (tertiary/aromatic N) is 2. The van der Waals surface area contributed by atoms with Crippen LogP contribution in [-0.2, 0) is 13.0 Å². The Morgan fingerprint density at radius 2 is 1.77 bits per heavy atom. The highest BCUT2D eigenvalue weighted by molar-refractivity contribution is 7.22. The van der Waals surface area contributed by atoms with E-state index in [0.717, 1.165) is 22.2 Å². The molecule has 5 nitrogen and oxygen atoms in total. The van der Waals surface area contributed by atoms with Gasteiger partial charge in [-0.2, -0.15) is 0 Å². The molecule has 0 saturated heterocycles. The van der Waals surface area contributed by atoms with E-state index in [1.165, 1.54) is 5.56 Å². The van der Waals surface area contributed by atoms with Crippen LogP contribution >= 0.6 is 11.3 Å². The molecule has 0 unspecified atom stereocenters. The van der Waals surface area contributed by atoms with Gasteiger partial charge in [0.2, 0.25) is 0 Å². The van der Waals surface area contributed by atoms with E-state index in [9.17, 15) is 4.79 Å². The number of ether oxygens (including phenoxy) is 2. The molecular formula is C25H22N2O3S. The number of carbonyl (C=O) groups excluding carboxylic acids is 1. The Labute approximate surface area is 184 Å². The number of thiazole rings is 1. The lowest BCUT2D eigenvalue weighted by Crippen LogP contribution is -2.30. The van der Waals surface area contributed by atoms with Crippen LogP contribution in [0.15, 0.2) is 66.7 Å². The maximum atomic E-state index is 13.6. The first-order valence-corrected chi connectivity index (χ1v) is 11.2. The van der Waals surface area contributed by atoms with Gasteiger partial charge < -0.3 is 9.47 Å². The molecule has 5 rings (SSSR count). The van der Waals surface area contributed by atoms with Crippen LogP contribution in [0.5, 0.6) is 11.5 Å². The first kappa shape index (κ1) is 19.6. The van der Waals surface area contributed by atoms with E-state index in [1.807, 2.05) is 36.4 Å². The summed E-state index contributed by atoms with van der Waals surface area (Å²) in [6, 6.07) is 21.6.